The van der Waals surface area contributed by atoms with Gasteiger partial charge in [0.05, 0.1) is 5.02 Å². The van der Waals surface area contributed by atoms with Gasteiger partial charge in [-0.1, -0.05) is 41.4 Å². The van der Waals surface area contributed by atoms with Crippen molar-refractivity contribution in [3.05, 3.63) is 69.9 Å². The molecule has 3 aromatic rings. The molecule has 1 heterocycles. The fourth-order valence-corrected chi connectivity index (χ4v) is 3.15. The highest BCUT2D eigenvalue weighted by Crippen LogP contribution is 2.24. The Balaban J connectivity index is 1.56. The Morgan fingerprint density at radius 2 is 1.96 bits per heavy atom. The summed E-state index contributed by atoms with van der Waals surface area (Å²) >= 11 is 6.96. The summed E-state index contributed by atoms with van der Waals surface area (Å²) in [7, 11) is 0. The molecule has 0 saturated carbocycles. The third kappa shape index (κ3) is 4.90. The van der Waals surface area contributed by atoms with Crippen LogP contribution >= 0.6 is 22.9 Å². The lowest BCUT2D eigenvalue weighted by Crippen LogP contribution is -2.21. The molecule has 0 saturated heterocycles. The quantitative estimate of drug-likeness (QED) is 0.625. The third-order valence-corrected chi connectivity index (χ3v) is 4.73. The number of nitrogens with one attached hydrogen (secondary N) is 1. The lowest BCUT2D eigenvalue weighted by atomic mass is 10.2. The van der Waals surface area contributed by atoms with Crippen LogP contribution in [0.15, 0.2) is 47.8 Å². The van der Waals surface area contributed by atoms with Gasteiger partial charge in [-0.05, 0) is 25.1 Å². The van der Waals surface area contributed by atoms with Gasteiger partial charge in [0.1, 0.15) is 10.8 Å². The normalized spacial score (nSPS) is 10.5. The Morgan fingerprint density at radius 1 is 1.22 bits per heavy atom. The molecule has 0 aliphatic heterocycles. The van der Waals surface area contributed by atoms with Crippen LogP contribution in [0.5, 0.6) is 0 Å². The first kappa shape index (κ1) is 19.0. The highest BCUT2D eigenvalue weighted by molar-refractivity contribution is 7.13. The molecule has 1 aromatic heterocycles. The summed E-state index contributed by atoms with van der Waals surface area (Å²) in [4.78, 5) is 28.2. The van der Waals surface area contributed by atoms with E-state index in [9.17, 15) is 14.0 Å². The summed E-state index contributed by atoms with van der Waals surface area (Å²) in [5.74, 6) is -1.86. The number of ether oxygens (including phenoxy) is 1. The molecule has 0 aliphatic rings. The number of amides is 1. The second kappa shape index (κ2) is 8.28. The largest absolute Gasteiger partial charge is 0.451 e. The predicted molar refractivity (Wildman–Crippen MR) is 103 cm³/mol. The Morgan fingerprint density at radius 3 is 2.67 bits per heavy atom. The number of thiazole rings is 1. The van der Waals surface area contributed by atoms with Crippen LogP contribution in [-0.2, 0) is 9.53 Å². The summed E-state index contributed by atoms with van der Waals surface area (Å²) in [5.41, 5.74) is 2.46. The standard InChI is InChI=1S/C19H14ClFN2O3S/c1-11-2-4-12(5-3-11)18-23-16(10-27-18)19(25)26-9-17(24)22-13-6-7-15(21)14(20)8-13/h2-8,10H,9H2,1H3,(H,22,24). The van der Waals surface area contributed by atoms with E-state index in [1.807, 2.05) is 31.2 Å². The fraction of sp³-hybridized carbons (Fsp3) is 0.105. The van der Waals surface area contributed by atoms with Crippen molar-refractivity contribution in [2.24, 2.45) is 0 Å². The number of nitrogens with zero attached hydrogens (tertiary/aromatic N) is 1. The first-order valence-corrected chi connectivity index (χ1v) is 9.13. The van der Waals surface area contributed by atoms with Crippen molar-refractivity contribution in [2.45, 2.75) is 6.92 Å². The molecular formula is C19H14ClFN2O3S. The molecule has 0 unspecified atom stereocenters. The average molecular weight is 405 g/mol. The number of hydrogen-bond donors (Lipinski definition) is 1. The van der Waals surface area contributed by atoms with Gasteiger partial charge < -0.3 is 10.1 Å². The molecule has 3 rings (SSSR count). The molecule has 138 valence electrons. The Bertz CT molecular complexity index is 989. The third-order valence-electron chi connectivity index (χ3n) is 3.55. The van der Waals surface area contributed by atoms with Gasteiger partial charge in [-0.15, -0.1) is 11.3 Å². The van der Waals surface area contributed by atoms with Gasteiger partial charge in [0, 0.05) is 16.6 Å². The number of anilines is 1. The van der Waals surface area contributed by atoms with E-state index in [1.165, 1.54) is 23.5 Å². The van der Waals surface area contributed by atoms with E-state index in [4.69, 9.17) is 16.3 Å². The number of aromatic nitrogens is 1. The Labute approximate surface area is 163 Å². The second-order valence-electron chi connectivity index (χ2n) is 5.66. The number of carbonyl (C=O) groups is 2. The molecule has 27 heavy (non-hydrogen) atoms. The molecule has 2 aromatic carbocycles. The molecule has 0 spiro atoms. The van der Waals surface area contributed by atoms with Crippen LogP contribution < -0.4 is 5.32 Å². The summed E-state index contributed by atoms with van der Waals surface area (Å²) in [6, 6.07) is 11.5. The Kier molecular flexibility index (Phi) is 5.83. The summed E-state index contributed by atoms with van der Waals surface area (Å²) in [5, 5.41) is 4.62. The molecule has 8 heteroatoms. The highest BCUT2D eigenvalue weighted by Gasteiger charge is 2.15. The minimum atomic E-state index is -0.697. The monoisotopic (exact) mass is 404 g/mol. The van der Waals surface area contributed by atoms with E-state index >= 15 is 0 Å². The molecule has 5 nitrogen and oxygen atoms in total. The molecule has 0 atom stereocenters. The molecule has 0 fully saturated rings. The van der Waals surface area contributed by atoms with Crippen molar-refractivity contribution < 1.29 is 18.7 Å². The number of benzene rings is 2. The van der Waals surface area contributed by atoms with E-state index in [0.717, 1.165) is 17.2 Å². The zero-order chi connectivity index (χ0) is 19.4. The predicted octanol–water partition coefficient (Wildman–Crippen LogP) is 4.71. The molecule has 0 aliphatic carbocycles. The topological polar surface area (TPSA) is 68.3 Å². The van der Waals surface area contributed by atoms with Gasteiger partial charge >= 0.3 is 5.97 Å². The minimum absolute atomic E-state index is 0.115. The number of halogens is 2. The van der Waals surface area contributed by atoms with E-state index in [0.29, 0.717) is 10.7 Å². The van der Waals surface area contributed by atoms with Crippen molar-refractivity contribution in [2.75, 3.05) is 11.9 Å². The van der Waals surface area contributed by atoms with Crippen LogP contribution in [0.4, 0.5) is 10.1 Å². The van der Waals surface area contributed by atoms with Crippen LogP contribution in [0.1, 0.15) is 16.1 Å². The van der Waals surface area contributed by atoms with Gasteiger partial charge in [0.25, 0.3) is 5.91 Å². The summed E-state index contributed by atoms with van der Waals surface area (Å²) in [6.07, 6.45) is 0. The minimum Gasteiger partial charge on any atom is -0.451 e. The van der Waals surface area contributed by atoms with Gasteiger partial charge in [-0.2, -0.15) is 0 Å². The molecular weight excluding hydrogens is 391 g/mol. The molecule has 0 bridgehead atoms. The van der Waals surface area contributed by atoms with Gasteiger partial charge in [-0.3, -0.25) is 4.79 Å². The smallest absolute Gasteiger partial charge is 0.358 e. The van der Waals surface area contributed by atoms with Crippen molar-refractivity contribution >= 4 is 40.5 Å². The maximum absolute atomic E-state index is 13.1. The lowest BCUT2D eigenvalue weighted by Gasteiger charge is -2.06. The van der Waals surface area contributed by atoms with E-state index in [-0.39, 0.29) is 10.7 Å². The average Bonchev–Trinajstić information content (AvgIpc) is 3.13. The number of rotatable bonds is 5. The van der Waals surface area contributed by atoms with Gasteiger partial charge in [0.2, 0.25) is 0 Å². The first-order valence-electron chi connectivity index (χ1n) is 7.87. The van der Waals surface area contributed by atoms with Crippen LogP contribution in [-0.4, -0.2) is 23.5 Å². The number of esters is 1. The fourth-order valence-electron chi connectivity index (χ4n) is 2.17. The van der Waals surface area contributed by atoms with E-state index in [2.05, 4.69) is 10.3 Å². The summed E-state index contributed by atoms with van der Waals surface area (Å²) < 4.78 is 18.1. The maximum Gasteiger partial charge on any atom is 0.358 e. The second-order valence-corrected chi connectivity index (χ2v) is 6.92. The molecule has 1 amide bonds. The Hall–Kier alpha value is -2.77. The number of hydrogen-bond acceptors (Lipinski definition) is 5. The van der Waals surface area contributed by atoms with Crippen molar-refractivity contribution in [1.29, 1.82) is 0 Å². The number of aryl methyl sites for hydroxylation is 1. The van der Waals surface area contributed by atoms with Crippen molar-refractivity contribution in [3.63, 3.8) is 0 Å². The van der Waals surface area contributed by atoms with Crippen molar-refractivity contribution in [3.8, 4) is 10.6 Å². The molecule has 1 N–H and O–H groups in total. The van der Waals surface area contributed by atoms with Crippen LogP contribution in [0.3, 0.4) is 0 Å². The maximum atomic E-state index is 13.1. The SMILES string of the molecule is Cc1ccc(-c2nc(C(=O)OCC(=O)Nc3ccc(F)c(Cl)c3)cs2)cc1. The highest BCUT2D eigenvalue weighted by atomic mass is 35.5. The van der Waals surface area contributed by atoms with Crippen LogP contribution in [0, 0.1) is 12.7 Å². The first-order chi connectivity index (χ1) is 12.9. The summed E-state index contributed by atoms with van der Waals surface area (Å²) in [6.45, 7) is 1.49. The van der Waals surface area contributed by atoms with Crippen LogP contribution in [0.2, 0.25) is 5.02 Å². The van der Waals surface area contributed by atoms with Gasteiger partial charge in [-0.25, -0.2) is 14.2 Å². The van der Waals surface area contributed by atoms with Gasteiger partial charge in [0.15, 0.2) is 12.3 Å². The van der Waals surface area contributed by atoms with Crippen LogP contribution in [0.25, 0.3) is 10.6 Å². The molecule has 0 radical (unpaired) electrons. The van der Waals surface area contributed by atoms with Crippen molar-refractivity contribution in [1.82, 2.24) is 4.98 Å². The zero-order valence-corrected chi connectivity index (χ0v) is 15.7. The van der Waals surface area contributed by atoms with E-state index < -0.39 is 24.3 Å². The number of carbonyl (C=O) groups excluding carboxylic acids is 2. The zero-order valence-electron chi connectivity index (χ0n) is 14.2. The van der Waals surface area contributed by atoms with E-state index in [1.54, 1.807) is 5.38 Å². The lowest BCUT2D eigenvalue weighted by molar-refractivity contribution is -0.119.